The monoisotopic (exact) mass is 374 g/mol. The number of nitrogens with zero attached hydrogens (tertiary/aromatic N) is 2. The molecule has 2 atom stereocenters. The quantitative estimate of drug-likeness (QED) is 0.739. The van der Waals surface area contributed by atoms with Gasteiger partial charge >= 0.3 is 0 Å². The number of alkyl halides is 1. The second-order valence-electron chi connectivity index (χ2n) is 7.12. The molecule has 5 heterocycles. The molecule has 1 saturated heterocycles. The van der Waals surface area contributed by atoms with Gasteiger partial charge in [-0.2, -0.15) is 5.10 Å². The van der Waals surface area contributed by atoms with Crippen molar-refractivity contribution in [1.29, 1.82) is 0 Å². The smallest absolute Gasteiger partial charge is 0.266 e. The third kappa shape index (κ3) is 2.47. The molecule has 136 valence electrons. The molecule has 3 aromatic heterocycles. The Morgan fingerprint density at radius 1 is 1.50 bits per heavy atom. The van der Waals surface area contributed by atoms with Crippen molar-refractivity contribution in [1.82, 2.24) is 20.1 Å². The molecule has 6 nitrogen and oxygen atoms in total. The number of thiophene rings is 1. The molecule has 2 aliphatic rings. The van der Waals surface area contributed by atoms with Gasteiger partial charge < -0.3 is 9.72 Å². The van der Waals surface area contributed by atoms with Gasteiger partial charge in [0.25, 0.3) is 5.56 Å². The van der Waals surface area contributed by atoms with Gasteiger partial charge in [0.15, 0.2) is 0 Å². The van der Waals surface area contributed by atoms with Gasteiger partial charge in [-0.25, -0.2) is 4.39 Å². The van der Waals surface area contributed by atoms with Crippen LogP contribution in [0.4, 0.5) is 4.39 Å². The van der Waals surface area contributed by atoms with Crippen LogP contribution >= 0.6 is 11.3 Å². The summed E-state index contributed by atoms with van der Waals surface area (Å²) in [7, 11) is 0. The zero-order chi connectivity index (χ0) is 17.8. The molecule has 0 aromatic carbocycles. The lowest BCUT2D eigenvalue weighted by Gasteiger charge is -2.25. The van der Waals surface area contributed by atoms with E-state index in [1.807, 2.05) is 13.1 Å². The number of likely N-dealkylation sites (tertiary alicyclic amines) is 1. The highest BCUT2D eigenvalue weighted by molar-refractivity contribution is 7.22. The summed E-state index contributed by atoms with van der Waals surface area (Å²) in [5.41, 5.74) is 2.84. The largest absolute Gasteiger partial charge is 0.488 e. The van der Waals surface area contributed by atoms with Crippen LogP contribution in [0.1, 0.15) is 24.6 Å². The maximum absolute atomic E-state index is 13.5. The van der Waals surface area contributed by atoms with Gasteiger partial charge in [-0.1, -0.05) is 0 Å². The number of halogens is 1. The first-order valence-corrected chi connectivity index (χ1v) is 9.64. The van der Waals surface area contributed by atoms with E-state index >= 15 is 0 Å². The van der Waals surface area contributed by atoms with E-state index < -0.39 is 6.17 Å². The Bertz CT molecular complexity index is 1030. The zero-order valence-corrected chi connectivity index (χ0v) is 15.2. The van der Waals surface area contributed by atoms with Crippen LogP contribution in [-0.4, -0.2) is 45.4 Å². The van der Waals surface area contributed by atoms with Crippen LogP contribution in [0.2, 0.25) is 0 Å². The van der Waals surface area contributed by atoms with Gasteiger partial charge in [0.1, 0.15) is 22.7 Å². The van der Waals surface area contributed by atoms with E-state index in [0.29, 0.717) is 24.2 Å². The van der Waals surface area contributed by atoms with Gasteiger partial charge in [-0.15, -0.1) is 11.3 Å². The molecule has 0 bridgehead atoms. The van der Waals surface area contributed by atoms with E-state index in [1.54, 1.807) is 6.20 Å². The topological polar surface area (TPSA) is 74.0 Å². The third-order valence-electron chi connectivity index (χ3n) is 5.17. The average Bonchev–Trinajstić information content (AvgIpc) is 3.32. The summed E-state index contributed by atoms with van der Waals surface area (Å²) in [5, 5.41) is 7.75. The Labute approximate surface area is 153 Å². The third-order valence-corrected chi connectivity index (χ3v) is 6.39. The second-order valence-corrected chi connectivity index (χ2v) is 8.14. The van der Waals surface area contributed by atoms with Gasteiger partial charge in [0.2, 0.25) is 0 Å². The summed E-state index contributed by atoms with van der Waals surface area (Å²) in [4.78, 5) is 18.8. The maximum atomic E-state index is 13.5. The van der Waals surface area contributed by atoms with Gasteiger partial charge in [-0.05, 0) is 18.9 Å². The molecule has 8 heteroatoms. The number of ether oxygens (including phenoxy) is 1. The standard InChI is InChI=1S/C18H19FN4O2S/c1-9-4-12-13(8-23-3-2-11(19)7-23)22-18(24)17-14(12)15(25-9)16(26-17)10-5-20-21-6-10/h5-6,9,11H,2-4,7-8H2,1H3,(H,20,21)(H,22,24). The number of rotatable bonds is 3. The van der Waals surface area contributed by atoms with E-state index in [9.17, 15) is 9.18 Å². The van der Waals surface area contributed by atoms with Crippen LogP contribution in [0.25, 0.3) is 20.5 Å². The predicted octanol–water partition coefficient (Wildman–Crippen LogP) is 2.85. The minimum atomic E-state index is -0.770. The number of H-pyrrole nitrogens is 2. The first kappa shape index (κ1) is 16.0. The molecule has 0 amide bonds. The lowest BCUT2D eigenvalue weighted by atomic mass is 9.98. The lowest BCUT2D eigenvalue weighted by Crippen LogP contribution is -2.27. The molecule has 26 heavy (non-hydrogen) atoms. The molecule has 1 fully saturated rings. The molecule has 2 unspecified atom stereocenters. The van der Waals surface area contributed by atoms with E-state index in [-0.39, 0.29) is 11.7 Å². The van der Waals surface area contributed by atoms with Gasteiger partial charge in [-0.3, -0.25) is 14.8 Å². The van der Waals surface area contributed by atoms with Crippen molar-refractivity contribution in [2.75, 3.05) is 13.1 Å². The number of hydrogen-bond acceptors (Lipinski definition) is 5. The predicted molar refractivity (Wildman–Crippen MR) is 98.6 cm³/mol. The molecule has 5 rings (SSSR count). The molecule has 0 spiro atoms. The highest BCUT2D eigenvalue weighted by Crippen LogP contribution is 2.47. The Hall–Kier alpha value is -2.19. The molecular formula is C18H19FN4O2S. The van der Waals surface area contributed by atoms with Crippen LogP contribution < -0.4 is 10.3 Å². The molecule has 0 saturated carbocycles. The molecule has 2 aliphatic heterocycles. The van der Waals surface area contributed by atoms with Crippen LogP contribution in [0, 0.1) is 0 Å². The molecule has 0 radical (unpaired) electrons. The summed E-state index contributed by atoms with van der Waals surface area (Å²) >= 11 is 1.44. The highest BCUT2D eigenvalue weighted by Gasteiger charge is 2.30. The van der Waals surface area contributed by atoms with Crippen LogP contribution in [0.15, 0.2) is 17.2 Å². The van der Waals surface area contributed by atoms with Crippen LogP contribution in [0.3, 0.4) is 0 Å². The molecule has 0 aliphatic carbocycles. The fraction of sp³-hybridized carbons (Fsp3) is 0.444. The SMILES string of the molecule is CC1Cc2c(CN3CCC(F)C3)[nH]c(=O)c3sc(-c4cn[nH]c4)c(c23)O1. The fourth-order valence-corrected chi connectivity index (χ4v) is 5.13. The second kappa shape index (κ2) is 5.92. The summed E-state index contributed by atoms with van der Waals surface area (Å²) < 4.78 is 20.4. The number of aromatic nitrogens is 3. The van der Waals surface area contributed by atoms with E-state index in [1.165, 1.54) is 11.3 Å². The van der Waals surface area contributed by atoms with Crippen molar-refractivity contribution in [3.63, 3.8) is 0 Å². The molecule has 2 N–H and O–H groups in total. The van der Waals surface area contributed by atoms with E-state index in [2.05, 4.69) is 20.1 Å². The number of nitrogens with one attached hydrogen (secondary N) is 2. The van der Waals surface area contributed by atoms with Crippen LogP contribution in [-0.2, 0) is 13.0 Å². The van der Waals surface area contributed by atoms with E-state index in [0.717, 1.165) is 45.8 Å². The summed E-state index contributed by atoms with van der Waals surface area (Å²) in [6, 6.07) is 0. The first-order valence-electron chi connectivity index (χ1n) is 8.83. The van der Waals surface area contributed by atoms with Crippen molar-refractivity contribution >= 4 is 21.4 Å². The Kier molecular flexibility index (Phi) is 3.65. The lowest BCUT2D eigenvalue weighted by molar-refractivity contribution is 0.218. The Balaban J connectivity index is 1.68. The number of hydrogen-bond donors (Lipinski definition) is 2. The highest BCUT2D eigenvalue weighted by atomic mass is 32.1. The van der Waals surface area contributed by atoms with Crippen molar-refractivity contribution in [3.8, 4) is 16.2 Å². The number of pyridine rings is 1. The van der Waals surface area contributed by atoms with Crippen molar-refractivity contribution < 1.29 is 9.13 Å². The minimum absolute atomic E-state index is 0.0168. The van der Waals surface area contributed by atoms with E-state index in [4.69, 9.17) is 4.74 Å². The fourth-order valence-electron chi connectivity index (χ4n) is 3.99. The minimum Gasteiger partial charge on any atom is -0.488 e. The molecule has 3 aromatic rings. The van der Waals surface area contributed by atoms with Gasteiger partial charge in [0.05, 0.1) is 11.1 Å². The first-order chi connectivity index (χ1) is 12.6. The normalized spacial score (nSPS) is 22.8. The van der Waals surface area contributed by atoms with Crippen LogP contribution in [0.5, 0.6) is 5.75 Å². The van der Waals surface area contributed by atoms with Crippen molar-refractivity contribution in [2.45, 2.75) is 38.6 Å². The maximum Gasteiger partial charge on any atom is 0.266 e. The van der Waals surface area contributed by atoms with Crippen molar-refractivity contribution in [2.24, 2.45) is 0 Å². The van der Waals surface area contributed by atoms with Gasteiger partial charge in [0, 0.05) is 48.9 Å². The Morgan fingerprint density at radius 2 is 2.38 bits per heavy atom. The Morgan fingerprint density at radius 3 is 3.12 bits per heavy atom. The number of aromatic amines is 2. The summed E-state index contributed by atoms with van der Waals surface area (Å²) in [6.45, 7) is 3.77. The summed E-state index contributed by atoms with van der Waals surface area (Å²) in [5.74, 6) is 0.775. The van der Waals surface area contributed by atoms with Crippen molar-refractivity contribution in [3.05, 3.63) is 34.0 Å². The molecular weight excluding hydrogens is 355 g/mol. The summed E-state index contributed by atoms with van der Waals surface area (Å²) in [6.07, 6.45) is 4.10. The zero-order valence-electron chi connectivity index (χ0n) is 14.3. The average molecular weight is 374 g/mol.